The van der Waals surface area contributed by atoms with Gasteiger partial charge in [0.1, 0.15) is 24.1 Å². The Balaban J connectivity index is -0.000000227. The molecule has 0 aromatic heterocycles. The van der Waals surface area contributed by atoms with Crippen molar-refractivity contribution in [3.63, 3.8) is 0 Å². The quantitative estimate of drug-likeness (QED) is 0.152. The SMILES string of the molecule is CC(=O)CCC(O)C(C)C.CCC(O)C(C)C.CCC(O)C(O)C(O)C(O)C(=O)C(C)C.CCC(O)CC(C)C. The first-order valence-corrected chi connectivity index (χ1v) is 15.0. The minimum atomic E-state index is -1.65. The van der Waals surface area contributed by atoms with Gasteiger partial charge >= 0.3 is 0 Å². The van der Waals surface area contributed by atoms with E-state index in [-0.39, 0.29) is 36.4 Å². The minimum absolute atomic E-state index is 0.0741. The Morgan fingerprint density at radius 3 is 1.25 bits per heavy atom. The summed E-state index contributed by atoms with van der Waals surface area (Å²) in [6, 6.07) is 0. The third-order valence-corrected chi connectivity index (χ3v) is 6.31. The van der Waals surface area contributed by atoms with Gasteiger partial charge in [0.2, 0.25) is 0 Å². The molecule has 0 aromatic rings. The van der Waals surface area contributed by atoms with Crippen LogP contribution in [0.25, 0.3) is 0 Å². The lowest BCUT2D eigenvalue weighted by Gasteiger charge is -2.25. The average molecular weight is 583 g/mol. The zero-order valence-electron chi connectivity index (χ0n) is 27.5. The molecule has 7 N–H and O–H groups in total. The highest BCUT2D eigenvalue weighted by molar-refractivity contribution is 5.85. The first-order chi connectivity index (χ1) is 18.2. The number of aliphatic hydroxyl groups is 7. The van der Waals surface area contributed by atoms with Crippen molar-refractivity contribution >= 4 is 11.6 Å². The van der Waals surface area contributed by atoms with Crippen LogP contribution in [0, 0.1) is 23.7 Å². The monoisotopic (exact) mass is 582 g/mol. The molecule has 0 saturated heterocycles. The highest BCUT2D eigenvalue weighted by Gasteiger charge is 2.34. The summed E-state index contributed by atoms with van der Waals surface area (Å²) in [6.45, 7) is 22.5. The molecule has 0 amide bonds. The zero-order valence-corrected chi connectivity index (χ0v) is 27.5. The van der Waals surface area contributed by atoms with Crippen molar-refractivity contribution in [1.82, 2.24) is 0 Å². The predicted molar refractivity (Wildman–Crippen MR) is 162 cm³/mol. The van der Waals surface area contributed by atoms with Crippen molar-refractivity contribution < 1.29 is 45.3 Å². The maximum Gasteiger partial charge on any atom is 0.166 e. The Bertz CT molecular complexity index is 593. The summed E-state index contributed by atoms with van der Waals surface area (Å²) in [4.78, 5) is 21.8. The third-order valence-electron chi connectivity index (χ3n) is 6.31. The number of rotatable bonds is 15. The number of carbonyl (C=O) groups is 2. The highest BCUT2D eigenvalue weighted by Crippen LogP contribution is 2.11. The summed E-state index contributed by atoms with van der Waals surface area (Å²) >= 11 is 0. The second kappa shape index (κ2) is 26.9. The third kappa shape index (κ3) is 27.2. The van der Waals surface area contributed by atoms with Crippen molar-refractivity contribution in [3.8, 4) is 0 Å². The first-order valence-electron chi connectivity index (χ1n) is 15.0. The van der Waals surface area contributed by atoms with Crippen molar-refractivity contribution in [2.24, 2.45) is 23.7 Å². The van der Waals surface area contributed by atoms with Crippen molar-refractivity contribution in [2.45, 2.75) is 164 Å². The maximum atomic E-state index is 11.3. The molecule has 0 aliphatic carbocycles. The van der Waals surface area contributed by atoms with Gasteiger partial charge in [0.05, 0.1) is 24.4 Å². The molecule has 0 fully saturated rings. The lowest BCUT2D eigenvalue weighted by atomic mass is 9.94. The van der Waals surface area contributed by atoms with Crippen molar-refractivity contribution in [3.05, 3.63) is 0 Å². The van der Waals surface area contributed by atoms with Gasteiger partial charge in [0.15, 0.2) is 5.78 Å². The fourth-order valence-electron chi connectivity index (χ4n) is 3.03. The molecule has 0 aliphatic heterocycles. The minimum Gasteiger partial charge on any atom is -0.393 e. The molecule has 9 nitrogen and oxygen atoms in total. The molecule has 0 saturated carbocycles. The maximum absolute atomic E-state index is 11.3. The smallest absolute Gasteiger partial charge is 0.166 e. The second-order valence-electron chi connectivity index (χ2n) is 11.9. The molecule has 0 bridgehead atoms. The van der Waals surface area contributed by atoms with Crippen LogP contribution in [0.4, 0.5) is 0 Å². The second-order valence-corrected chi connectivity index (χ2v) is 11.9. The van der Waals surface area contributed by atoms with Gasteiger partial charge in [-0.3, -0.25) is 4.79 Å². The van der Waals surface area contributed by atoms with E-state index in [0.717, 1.165) is 19.3 Å². The van der Waals surface area contributed by atoms with Crippen LogP contribution < -0.4 is 0 Å². The number of carbonyl (C=O) groups excluding carboxylic acids is 2. The van der Waals surface area contributed by atoms with Crippen LogP contribution in [-0.2, 0) is 9.59 Å². The van der Waals surface area contributed by atoms with Crippen molar-refractivity contribution in [2.75, 3.05) is 0 Å². The Morgan fingerprint density at radius 2 is 1.02 bits per heavy atom. The normalized spacial score (nSPS) is 16.4. The van der Waals surface area contributed by atoms with Gasteiger partial charge in [-0.15, -0.1) is 0 Å². The Hall–Kier alpha value is -0.940. The number of hydrogen-bond acceptors (Lipinski definition) is 9. The van der Waals surface area contributed by atoms with Crippen LogP contribution in [-0.4, -0.2) is 90.0 Å². The highest BCUT2D eigenvalue weighted by atomic mass is 16.4. The molecule has 7 unspecified atom stereocenters. The Labute approximate surface area is 245 Å². The van der Waals surface area contributed by atoms with Crippen molar-refractivity contribution in [1.29, 1.82) is 0 Å². The van der Waals surface area contributed by atoms with E-state index in [1.54, 1.807) is 27.7 Å². The summed E-state index contributed by atoms with van der Waals surface area (Å²) in [5.74, 6) is 0.486. The lowest BCUT2D eigenvalue weighted by molar-refractivity contribution is -0.147. The largest absolute Gasteiger partial charge is 0.393 e. The predicted octanol–water partition coefficient (Wildman–Crippen LogP) is 3.65. The molecule has 0 radical (unpaired) electrons. The van der Waals surface area contributed by atoms with Gasteiger partial charge < -0.3 is 40.5 Å². The number of ketones is 2. The Morgan fingerprint density at radius 1 is 0.600 bits per heavy atom. The van der Waals surface area contributed by atoms with Crippen LogP contribution in [0.3, 0.4) is 0 Å². The van der Waals surface area contributed by atoms with Gasteiger partial charge in [-0.1, -0.05) is 76.2 Å². The average Bonchev–Trinajstić information content (AvgIpc) is 2.89. The van der Waals surface area contributed by atoms with Crippen LogP contribution in [0.1, 0.15) is 122 Å². The lowest BCUT2D eigenvalue weighted by Crippen LogP contribution is -2.48. The summed E-state index contributed by atoms with van der Waals surface area (Å²) < 4.78 is 0. The van der Waals surface area contributed by atoms with E-state index in [4.69, 9.17) is 10.2 Å². The fraction of sp³-hybridized carbons (Fsp3) is 0.935. The molecular weight excluding hydrogens is 516 g/mol. The first kappa shape index (κ1) is 46.0. The zero-order chi connectivity index (χ0) is 32.7. The molecule has 0 aromatic carbocycles. The molecule has 244 valence electrons. The van der Waals surface area contributed by atoms with Crippen LogP contribution >= 0.6 is 0 Å². The van der Waals surface area contributed by atoms with E-state index in [9.17, 15) is 35.1 Å². The molecule has 0 heterocycles. The van der Waals surface area contributed by atoms with E-state index < -0.39 is 36.1 Å². The van der Waals surface area contributed by atoms with E-state index in [1.807, 2.05) is 41.5 Å². The molecule has 0 aliphatic rings. The van der Waals surface area contributed by atoms with Gasteiger partial charge in [0, 0.05) is 12.3 Å². The summed E-state index contributed by atoms with van der Waals surface area (Å²) in [5, 5.41) is 64.6. The fourth-order valence-corrected chi connectivity index (χ4v) is 3.03. The van der Waals surface area contributed by atoms with Gasteiger partial charge in [-0.2, -0.15) is 0 Å². The molecule has 0 spiro atoms. The van der Waals surface area contributed by atoms with Gasteiger partial charge in [-0.05, 0) is 56.8 Å². The van der Waals surface area contributed by atoms with Crippen LogP contribution in [0.2, 0.25) is 0 Å². The summed E-state index contributed by atoms with van der Waals surface area (Å²) in [5.41, 5.74) is 0. The standard InChI is InChI=1S/C10H20O5.C8H16O2.C7H16O.C6H14O/c1-4-6(11)8(13)10(15)9(14)7(12)5(2)3;1-6(2)8(10)5-4-7(3)9;1-4-7(8)5-6(2)3;1-4-6(7)5(2)3/h5-6,8-11,13-15H,4H2,1-3H3;6,8,10H,4-5H2,1-3H3;6-8H,4-5H2,1-3H3;5-7H,4H2,1-3H3. The van der Waals surface area contributed by atoms with E-state index in [1.165, 1.54) is 0 Å². The number of hydrogen-bond donors (Lipinski definition) is 7. The number of aliphatic hydroxyl groups excluding tert-OH is 7. The van der Waals surface area contributed by atoms with Gasteiger partial charge in [-0.25, -0.2) is 0 Å². The molecular formula is C31H66O9. The summed E-state index contributed by atoms with van der Waals surface area (Å²) in [7, 11) is 0. The molecule has 9 heteroatoms. The number of Topliss-reactive ketones (excluding diaryl/α,β-unsaturated/α-hetero) is 2. The molecule has 7 atom stereocenters. The molecule has 0 rings (SSSR count). The van der Waals surface area contributed by atoms with Crippen LogP contribution in [0.15, 0.2) is 0 Å². The van der Waals surface area contributed by atoms with E-state index >= 15 is 0 Å². The summed E-state index contributed by atoms with van der Waals surface area (Å²) in [6.07, 6.45) is -2.39. The van der Waals surface area contributed by atoms with Gasteiger partial charge in [0.25, 0.3) is 0 Å². The molecule has 40 heavy (non-hydrogen) atoms. The topological polar surface area (TPSA) is 176 Å². The van der Waals surface area contributed by atoms with Crippen LogP contribution in [0.5, 0.6) is 0 Å². The van der Waals surface area contributed by atoms with E-state index in [2.05, 4.69) is 13.8 Å². The van der Waals surface area contributed by atoms with E-state index in [0.29, 0.717) is 24.7 Å². The Kier molecular flexibility index (Phi) is 31.0.